The fourth-order valence-electron chi connectivity index (χ4n) is 1.25. The summed E-state index contributed by atoms with van der Waals surface area (Å²) in [6.07, 6.45) is 4.62. The summed E-state index contributed by atoms with van der Waals surface area (Å²) in [6, 6.07) is 0. The Bertz CT molecular complexity index is 437. The van der Waals surface area contributed by atoms with Crippen LogP contribution in [0.4, 0.5) is 5.13 Å². The van der Waals surface area contributed by atoms with E-state index in [1.54, 1.807) is 6.20 Å². The second-order valence-electron chi connectivity index (χ2n) is 3.11. The highest BCUT2D eigenvalue weighted by molar-refractivity contribution is 7.14. The van der Waals surface area contributed by atoms with Gasteiger partial charge in [-0.2, -0.15) is 0 Å². The molecule has 0 saturated carbocycles. The van der Waals surface area contributed by atoms with Gasteiger partial charge >= 0.3 is 0 Å². The van der Waals surface area contributed by atoms with Crippen molar-refractivity contribution >= 4 is 28.1 Å². The van der Waals surface area contributed by atoms with Crippen molar-refractivity contribution < 1.29 is 0 Å². The van der Waals surface area contributed by atoms with E-state index in [9.17, 15) is 0 Å². The number of imidazole rings is 1. The zero-order valence-electron chi connectivity index (χ0n) is 8.27. The summed E-state index contributed by atoms with van der Waals surface area (Å²) in [4.78, 5) is 8.33. The summed E-state index contributed by atoms with van der Waals surface area (Å²) in [5.74, 6) is 1.06. The molecule has 2 rings (SSSR count). The highest BCUT2D eigenvalue weighted by Gasteiger charge is 2.01. The minimum Gasteiger partial charge on any atom is -0.361 e. The van der Waals surface area contributed by atoms with Crippen molar-refractivity contribution in [3.8, 4) is 0 Å². The number of aryl methyl sites for hydroxylation is 1. The van der Waals surface area contributed by atoms with Gasteiger partial charge in [-0.1, -0.05) is 11.6 Å². The Morgan fingerprint density at radius 3 is 3.07 bits per heavy atom. The first-order valence-corrected chi connectivity index (χ1v) is 5.82. The molecule has 0 spiro atoms. The number of hydrogen-bond acceptors (Lipinski definition) is 4. The average molecular weight is 243 g/mol. The molecule has 0 unspecified atom stereocenters. The van der Waals surface area contributed by atoms with E-state index in [0.29, 0.717) is 5.15 Å². The van der Waals surface area contributed by atoms with Crippen molar-refractivity contribution in [3.63, 3.8) is 0 Å². The Morgan fingerprint density at radius 2 is 2.47 bits per heavy atom. The van der Waals surface area contributed by atoms with Gasteiger partial charge in [-0.05, 0) is 0 Å². The molecule has 2 heterocycles. The second-order valence-corrected chi connectivity index (χ2v) is 4.35. The quantitative estimate of drug-likeness (QED) is 0.894. The van der Waals surface area contributed by atoms with Gasteiger partial charge in [-0.25, -0.2) is 9.97 Å². The zero-order chi connectivity index (χ0) is 10.7. The molecule has 0 amide bonds. The van der Waals surface area contributed by atoms with Crippen molar-refractivity contribution in [2.45, 2.75) is 6.42 Å². The maximum Gasteiger partial charge on any atom is 0.184 e. The zero-order valence-corrected chi connectivity index (χ0v) is 9.85. The summed E-state index contributed by atoms with van der Waals surface area (Å²) in [7, 11) is 1.99. The summed E-state index contributed by atoms with van der Waals surface area (Å²) in [5.41, 5.74) is 0. The summed E-state index contributed by atoms with van der Waals surface area (Å²) >= 11 is 7.22. The van der Waals surface area contributed by atoms with Crippen LogP contribution in [0.1, 0.15) is 5.82 Å². The molecule has 0 aliphatic carbocycles. The molecule has 0 radical (unpaired) electrons. The van der Waals surface area contributed by atoms with Crippen molar-refractivity contribution in [2.24, 2.45) is 7.05 Å². The largest absolute Gasteiger partial charge is 0.361 e. The number of hydrogen-bond donors (Lipinski definition) is 1. The first kappa shape index (κ1) is 10.4. The first-order chi connectivity index (χ1) is 7.25. The molecule has 0 saturated heterocycles. The monoisotopic (exact) mass is 242 g/mol. The summed E-state index contributed by atoms with van der Waals surface area (Å²) in [6.45, 7) is 0.814. The molecule has 0 atom stereocenters. The van der Waals surface area contributed by atoms with Crippen molar-refractivity contribution in [1.29, 1.82) is 0 Å². The number of rotatable bonds is 4. The molecular formula is C9H11ClN4S. The van der Waals surface area contributed by atoms with E-state index in [1.165, 1.54) is 11.3 Å². The number of nitrogens with zero attached hydrogens (tertiary/aromatic N) is 3. The summed E-state index contributed by atoms with van der Waals surface area (Å²) in [5, 5.41) is 6.41. The SMILES string of the molecule is Cn1ccnc1CCNc1nc(Cl)cs1. The lowest BCUT2D eigenvalue weighted by atomic mass is 10.4. The molecule has 0 fully saturated rings. The van der Waals surface area contributed by atoms with Gasteiger partial charge in [0, 0.05) is 37.8 Å². The molecular weight excluding hydrogens is 232 g/mol. The standard InChI is InChI=1S/C9H11ClN4S/c1-14-5-4-11-8(14)2-3-12-9-13-7(10)6-15-9/h4-6H,2-3H2,1H3,(H,12,13). The van der Waals surface area contributed by atoms with Gasteiger partial charge in [0.1, 0.15) is 11.0 Å². The fraction of sp³-hybridized carbons (Fsp3) is 0.333. The molecule has 6 heteroatoms. The highest BCUT2D eigenvalue weighted by atomic mass is 35.5. The predicted molar refractivity (Wildman–Crippen MR) is 62.5 cm³/mol. The molecule has 0 aliphatic heterocycles. The van der Waals surface area contributed by atoms with E-state index in [4.69, 9.17) is 11.6 Å². The topological polar surface area (TPSA) is 42.7 Å². The molecule has 80 valence electrons. The Balaban J connectivity index is 1.83. The minimum atomic E-state index is 0.541. The van der Waals surface area contributed by atoms with E-state index in [1.807, 2.05) is 23.2 Å². The van der Waals surface area contributed by atoms with E-state index < -0.39 is 0 Å². The molecule has 0 aliphatic rings. The van der Waals surface area contributed by atoms with Crippen LogP contribution >= 0.6 is 22.9 Å². The molecule has 0 bridgehead atoms. The van der Waals surface area contributed by atoms with Crippen molar-refractivity contribution in [3.05, 3.63) is 28.8 Å². The smallest absolute Gasteiger partial charge is 0.184 e. The minimum absolute atomic E-state index is 0.541. The van der Waals surface area contributed by atoms with Crippen LogP contribution in [0.5, 0.6) is 0 Å². The van der Waals surface area contributed by atoms with Gasteiger partial charge in [0.15, 0.2) is 5.13 Å². The third-order valence-electron chi connectivity index (χ3n) is 2.02. The van der Waals surface area contributed by atoms with E-state index in [2.05, 4.69) is 15.3 Å². The van der Waals surface area contributed by atoms with Gasteiger partial charge in [-0.3, -0.25) is 0 Å². The van der Waals surface area contributed by atoms with Crippen molar-refractivity contribution in [2.75, 3.05) is 11.9 Å². The molecule has 2 aromatic heterocycles. The normalized spacial score (nSPS) is 10.5. The van der Waals surface area contributed by atoms with Gasteiger partial charge in [-0.15, -0.1) is 11.3 Å². The van der Waals surface area contributed by atoms with E-state index >= 15 is 0 Å². The molecule has 1 N–H and O–H groups in total. The van der Waals surface area contributed by atoms with Gasteiger partial charge in [0.2, 0.25) is 0 Å². The van der Waals surface area contributed by atoms with Gasteiger partial charge in [0.25, 0.3) is 0 Å². The Hall–Kier alpha value is -1.07. The summed E-state index contributed by atoms with van der Waals surface area (Å²) < 4.78 is 2.01. The molecule has 2 aromatic rings. The van der Waals surface area contributed by atoms with Crippen LogP contribution in [0.25, 0.3) is 0 Å². The first-order valence-electron chi connectivity index (χ1n) is 4.57. The molecule has 15 heavy (non-hydrogen) atoms. The van der Waals surface area contributed by atoms with Gasteiger partial charge in [0.05, 0.1) is 0 Å². The highest BCUT2D eigenvalue weighted by Crippen LogP contribution is 2.18. The Morgan fingerprint density at radius 1 is 1.60 bits per heavy atom. The average Bonchev–Trinajstić information content (AvgIpc) is 2.77. The van der Waals surface area contributed by atoms with Crippen LogP contribution in [-0.4, -0.2) is 21.1 Å². The lowest BCUT2D eigenvalue weighted by molar-refractivity contribution is 0.789. The van der Waals surface area contributed by atoms with Crippen LogP contribution in [0.2, 0.25) is 5.15 Å². The predicted octanol–water partition coefficient (Wildman–Crippen LogP) is 2.18. The van der Waals surface area contributed by atoms with E-state index in [-0.39, 0.29) is 0 Å². The maximum absolute atomic E-state index is 5.71. The third kappa shape index (κ3) is 2.70. The Kier molecular flexibility index (Phi) is 3.23. The van der Waals surface area contributed by atoms with E-state index in [0.717, 1.165) is 23.9 Å². The third-order valence-corrected chi connectivity index (χ3v) is 3.14. The van der Waals surface area contributed by atoms with Gasteiger partial charge < -0.3 is 9.88 Å². The van der Waals surface area contributed by atoms with Crippen LogP contribution in [0.15, 0.2) is 17.8 Å². The lowest BCUT2D eigenvalue weighted by Gasteiger charge is -2.02. The Labute approximate surface area is 96.9 Å². The van der Waals surface area contributed by atoms with Crippen LogP contribution < -0.4 is 5.32 Å². The number of anilines is 1. The number of thiazole rings is 1. The number of halogens is 1. The molecule has 4 nitrogen and oxygen atoms in total. The van der Waals surface area contributed by atoms with Crippen LogP contribution in [0.3, 0.4) is 0 Å². The fourth-order valence-corrected chi connectivity index (χ4v) is 2.12. The molecule has 0 aromatic carbocycles. The second kappa shape index (κ2) is 4.63. The lowest BCUT2D eigenvalue weighted by Crippen LogP contribution is -2.08. The number of aromatic nitrogens is 3. The van der Waals surface area contributed by atoms with Crippen molar-refractivity contribution in [1.82, 2.24) is 14.5 Å². The van der Waals surface area contributed by atoms with Crippen LogP contribution in [0, 0.1) is 0 Å². The number of nitrogens with one attached hydrogen (secondary N) is 1. The maximum atomic E-state index is 5.71. The van der Waals surface area contributed by atoms with Crippen LogP contribution in [-0.2, 0) is 13.5 Å².